The number of rotatable bonds is 7. The van der Waals surface area contributed by atoms with Gasteiger partial charge in [0.05, 0.1) is 29.2 Å². The van der Waals surface area contributed by atoms with Gasteiger partial charge in [-0.05, 0) is 50.2 Å². The number of nitrogens with one attached hydrogen (secondary N) is 1. The van der Waals surface area contributed by atoms with Crippen LogP contribution in [0.4, 0.5) is 5.69 Å². The topological polar surface area (TPSA) is 81.4 Å². The second-order valence-electron chi connectivity index (χ2n) is 5.97. The number of esters is 1. The molecule has 0 aliphatic heterocycles. The van der Waals surface area contributed by atoms with E-state index in [0.717, 1.165) is 16.3 Å². The molecule has 6 nitrogen and oxygen atoms in total. The summed E-state index contributed by atoms with van der Waals surface area (Å²) < 4.78 is 10.2. The highest BCUT2D eigenvalue weighted by Gasteiger charge is 2.13. The smallest absolute Gasteiger partial charge is 0.338 e. The third-order valence-corrected chi connectivity index (χ3v) is 4.93. The minimum absolute atomic E-state index is 0.222. The molecule has 0 saturated carbocycles. The van der Waals surface area contributed by atoms with Crippen LogP contribution in [0.15, 0.2) is 64.0 Å². The number of anilines is 1. The lowest BCUT2D eigenvalue weighted by Gasteiger charge is -2.10. The Kier molecular flexibility index (Phi) is 6.49. The van der Waals surface area contributed by atoms with E-state index < -0.39 is 0 Å². The van der Waals surface area contributed by atoms with Crippen LogP contribution in [0.1, 0.15) is 39.1 Å². The zero-order valence-corrected chi connectivity index (χ0v) is 16.4. The highest BCUT2D eigenvalue weighted by molar-refractivity contribution is 7.98. The van der Waals surface area contributed by atoms with Crippen molar-refractivity contribution in [2.24, 2.45) is 0 Å². The second-order valence-corrected chi connectivity index (χ2v) is 6.99. The Labute approximate surface area is 167 Å². The Morgan fingerprint density at radius 1 is 1.14 bits per heavy atom. The summed E-state index contributed by atoms with van der Waals surface area (Å²) in [6, 6.07) is 15.9. The Balaban J connectivity index is 1.68. The largest absolute Gasteiger partial charge is 0.462 e. The van der Waals surface area contributed by atoms with E-state index in [-0.39, 0.29) is 11.9 Å². The predicted molar refractivity (Wildman–Crippen MR) is 108 cm³/mol. The molecule has 1 heterocycles. The number of aryl methyl sites for hydroxylation is 1. The van der Waals surface area contributed by atoms with Crippen molar-refractivity contribution in [3.8, 4) is 0 Å². The summed E-state index contributed by atoms with van der Waals surface area (Å²) in [4.78, 5) is 25.3. The molecule has 0 radical (unpaired) electrons. The SMILES string of the molecule is CCOC(=O)c1ccc(NC(=O)c2ccccc2SCc2cc(C)no2)cc1. The highest BCUT2D eigenvalue weighted by atomic mass is 32.2. The first-order chi connectivity index (χ1) is 13.6. The summed E-state index contributed by atoms with van der Waals surface area (Å²) in [7, 11) is 0. The van der Waals surface area contributed by atoms with E-state index in [1.54, 1.807) is 37.3 Å². The number of ether oxygens (including phenoxy) is 1. The van der Waals surface area contributed by atoms with Gasteiger partial charge in [-0.15, -0.1) is 11.8 Å². The monoisotopic (exact) mass is 396 g/mol. The number of aromatic nitrogens is 1. The molecule has 2 aromatic carbocycles. The van der Waals surface area contributed by atoms with Crippen molar-refractivity contribution in [3.63, 3.8) is 0 Å². The minimum atomic E-state index is -0.384. The summed E-state index contributed by atoms with van der Waals surface area (Å²) in [6.07, 6.45) is 0. The van der Waals surface area contributed by atoms with E-state index in [9.17, 15) is 9.59 Å². The van der Waals surface area contributed by atoms with Crippen LogP contribution in [-0.2, 0) is 10.5 Å². The van der Waals surface area contributed by atoms with Gasteiger partial charge in [0, 0.05) is 16.6 Å². The Bertz CT molecular complexity index is 967. The number of hydrogen-bond acceptors (Lipinski definition) is 6. The Hall–Kier alpha value is -3.06. The van der Waals surface area contributed by atoms with Crippen molar-refractivity contribution in [2.75, 3.05) is 11.9 Å². The predicted octanol–water partition coefficient (Wildman–Crippen LogP) is 4.70. The third kappa shape index (κ3) is 5.01. The standard InChI is InChI=1S/C21H20N2O4S/c1-3-26-21(25)15-8-10-16(11-9-15)22-20(24)18-6-4-5-7-19(18)28-13-17-12-14(2)23-27-17/h4-12H,3,13H2,1-2H3,(H,22,24). The summed E-state index contributed by atoms with van der Waals surface area (Å²) in [5.41, 5.74) is 2.44. The van der Waals surface area contributed by atoms with Crippen molar-refractivity contribution in [1.82, 2.24) is 5.16 Å². The van der Waals surface area contributed by atoms with Crippen LogP contribution in [0.25, 0.3) is 0 Å². The van der Waals surface area contributed by atoms with Crippen LogP contribution >= 0.6 is 11.8 Å². The van der Waals surface area contributed by atoms with Crippen LogP contribution in [-0.4, -0.2) is 23.6 Å². The van der Waals surface area contributed by atoms with E-state index in [1.165, 1.54) is 11.8 Å². The molecule has 0 unspecified atom stereocenters. The lowest BCUT2D eigenvalue weighted by molar-refractivity contribution is 0.0526. The van der Waals surface area contributed by atoms with Gasteiger partial charge in [0.25, 0.3) is 5.91 Å². The lowest BCUT2D eigenvalue weighted by atomic mass is 10.2. The minimum Gasteiger partial charge on any atom is -0.462 e. The zero-order valence-electron chi connectivity index (χ0n) is 15.6. The average molecular weight is 396 g/mol. The van der Waals surface area contributed by atoms with E-state index in [0.29, 0.717) is 29.2 Å². The average Bonchev–Trinajstić information content (AvgIpc) is 3.12. The number of carbonyl (C=O) groups excluding carboxylic acids is 2. The maximum Gasteiger partial charge on any atom is 0.338 e. The second kappa shape index (κ2) is 9.23. The first-order valence-electron chi connectivity index (χ1n) is 8.79. The highest BCUT2D eigenvalue weighted by Crippen LogP contribution is 2.27. The van der Waals surface area contributed by atoms with E-state index in [1.807, 2.05) is 31.2 Å². The van der Waals surface area contributed by atoms with Gasteiger partial charge in [0.15, 0.2) is 0 Å². The number of carbonyl (C=O) groups is 2. The van der Waals surface area contributed by atoms with Gasteiger partial charge in [-0.3, -0.25) is 4.79 Å². The molecule has 28 heavy (non-hydrogen) atoms. The third-order valence-electron chi connectivity index (χ3n) is 3.83. The quantitative estimate of drug-likeness (QED) is 0.460. The fourth-order valence-corrected chi connectivity index (χ4v) is 3.44. The van der Waals surface area contributed by atoms with Gasteiger partial charge in [-0.2, -0.15) is 0 Å². The fourth-order valence-electron chi connectivity index (χ4n) is 2.52. The molecule has 1 aromatic heterocycles. The normalized spacial score (nSPS) is 10.5. The Morgan fingerprint density at radius 3 is 2.57 bits per heavy atom. The number of benzene rings is 2. The molecule has 0 bridgehead atoms. The maximum absolute atomic E-state index is 12.7. The Morgan fingerprint density at radius 2 is 1.89 bits per heavy atom. The van der Waals surface area contributed by atoms with Gasteiger partial charge in [0.2, 0.25) is 0 Å². The van der Waals surface area contributed by atoms with Crippen LogP contribution in [0.5, 0.6) is 0 Å². The van der Waals surface area contributed by atoms with E-state index in [2.05, 4.69) is 10.5 Å². The molecule has 3 rings (SSSR count). The molecule has 0 spiro atoms. The van der Waals surface area contributed by atoms with E-state index >= 15 is 0 Å². The molecular formula is C21H20N2O4S. The van der Waals surface area contributed by atoms with Crippen molar-refractivity contribution in [2.45, 2.75) is 24.5 Å². The number of thioether (sulfide) groups is 1. The molecule has 3 aromatic rings. The molecule has 0 atom stereocenters. The number of hydrogen-bond donors (Lipinski definition) is 1. The molecule has 144 valence electrons. The summed E-state index contributed by atoms with van der Waals surface area (Å²) >= 11 is 1.51. The fraction of sp³-hybridized carbons (Fsp3) is 0.190. The zero-order chi connectivity index (χ0) is 19.9. The number of amides is 1. The summed E-state index contributed by atoms with van der Waals surface area (Å²) in [5.74, 6) is 0.733. The molecule has 7 heteroatoms. The van der Waals surface area contributed by atoms with Crippen LogP contribution < -0.4 is 5.32 Å². The van der Waals surface area contributed by atoms with Gasteiger partial charge < -0.3 is 14.6 Å². The van der Waals surface area contributed by atoms with Gasteiger partial charge in [-0.1, -0.05) is 17.3 Å². The first kappa shape index (κ1) is 19.7. The molecule has 0 saturated heterocycles. The van der Waals surface area contributed by atoms with Crippen LogP contribution in [0.3, 0.4) is 0 Å². The van der Waals surface area contributed by atoms with Crippen molar-refractivity contribution < 1.29 is 18.8 Å². The van der Waals surface area contributed by atoms with Crippen molar-refractivity contribution in [1.29, 1.82) is 0 Å². The molecule has 1 N–H and O–H groups in total. The molecule has 0 aliphatic carbocycles. The van der Waals surface area contributed by atoms with Gasteiger partial charge >= 0.3 is 5.97 Å². The summed E-state index contributed by atoms with van der Waals surface area (Å²) in [6.45, 7) is 3.94. The lowest BCUT2D eigenvalue weighted by Crippen LogP contribution is -2.13. The van der Waals surface area contributed by atoms with Crippen LogP contribution in [0, 0.1) is 6.92 Å². The van der Waals surface area contributed by atoms with Crippen molar-refractivity contribution >= 4 is 29.3 Å². The maximum atomic E-state index is 12.7. The van der Waals surface area contributed by atoms with E-state index in [4.69, 9.17) is 9.26 Å². The van der Waals surface area contributed by atoms with Crippen molar-refractivity contribution in [3.05, 3.63) is 77.2 Å². The van der Waals surface area contributed by atoms with Crippen LogP contribution in [0.2, 0.25) is 0 Å². The molecule has 0 aliphatic rings. The molecule has 0 fully saturated rings. The molecular weight excluding hydrogens is 376 g/mol. The molecule has 1 amide bonds. The summed E-state index contributed by atoms with van der Waals surface area (Å²) in [5, 5.41) is 6.73. The first-order valence-corrected chi connectivity index (χ1v) is 9.78. The van der Waals surface area contributed by atoms with Gasteiger partial charge in [0.1, 0.15) is 5.76 Å². The van der Waals surface area contributed by atoms with Gasteiger partial charge in [-0.25, -0.2) is 4.79 Å². The number of nitrogens with zero attached hydrogens (tertiary/aromatic N) is 1.